The van der Waals surface area contributed by atoms with Crippen molar-refractivity contribution in [1.29, 1.82) is 0 Å². The first-order valence-corrected chi connectivity index (χ1v) is 5.67. The molecule has 0 aliphatic heterocycles. The molecule has 1 aliphatic carbocycles. The van der Waals surface area contributed by atoms with Gasteiger partial charge in [-0.1, -0.05) is 6.07 Å². The summed E-state index contributed by atoms with van der Waals surface area (Å²) in [6.45, 7) is 0. The van der Waals surface area contributed by atoms with E-state index in [1.165, 1.54) is 24.3 Å². The lowest BCUT2D eigenvalue weighted by molar-refractivity contribution is -0.385. The molecule has 20 heavy (non-hydrogen) atoms. The van der Waals surface area contributed by atoms with Crippen molar-refractivity contribution in [1.82, 2.24) is 0 Å². The van der Waals surface area contributed by atoms with Gasteiger partial charge in [0.05, 0.1) is 4.92 Å². The molecule has 98 valence electrons. The molecule has 0 bridgehead atoms. The highest BCUT2D eigenvalue weighted by atomic mass is 19.1. The van der Waals surface area contributed by atoms with Crippen LogP contribution in [0.1, 0.15) is 31.8 Å². The van der Waals surface area contributed by atoms with E-state index in [1.54, 1.807) is 0 Å². The number of benzene rings is 2. The van der Waals surface area contributed by atoms with Gasteiger partial charge >= 0.3 is 0 Å². The lowest BCUT2D eigenvalue weighted by atomic mass is 9.83. The highest BCUT2D eigenvalue weighted by molar-refractivity contribution is 6.29. The summed E-state index contributed by atoms with van der Waals surface area (Å²) in [7, 11) is 0. The summed E-state index contributed by atoms with van der Waals surface area (Å²) in [6, 6.07) is 7.01. The van der Waals surface area contributed by atoms with Crippen LogP contribution in [-0.4, -0.2) is 16.5 Å². The fourth-order valence-corrected chi connectivity index (χ4v) is 2.30. The number of carbonyl (C=O) groups excluding carboxylic acids is 2. The van der Waals surface area contributed by atoms with E-state index >= 15 is 0 Å². The molecule has 5 nitrogen and oxygen atoms in total. The van der Waals surface area contributed by atoms with Crippen LogP contribution in [0.2, 0.25) is 0 Å². The van der Waals surface area contributed by atoms with Crippen LogP contribution < -0.4 is 0 Å². The van der Waals surface area contributed by atoms with E-state index < -0.39 is 28.0 Å². The molecule has 0 radical (unpaired) electrons. The maximum Gasteiger partial charge on any atom is 0.281 e. The van der Waals surface area contributed by atoms with Crippen molar-refractivity contribution < 1.29 is 18.9 Å². The zero-order chi connectivity index (χ0) is 14.4. The Morgan fingerprint density at radius 3 is 2.40 bits per heavy atom. The van der Waals surface area contributed by atoms with Gasteiger partial charge < -0.3 is 0 Å². The second-order valence-corrected chi connectivity index (χ2v) is 4.30. The van der Waals surface area contributed by atoms with Gasteiger partial charge in [0.1, 0.15) is 11.4 Å². The average molecular weight is 271 g/mol. The van der Waals surface area contributed by atoms with Gasteiger partial charge in [0, 0.05) is 22.8 Å². The molecule has 1 aliphatic rings. The van der Waals surface area contributed by atoms with E-state index in [9.17, 15) is 24.1 Å². The number of hydrogen-bond acceptors (Lipinski definition) is 4. The molecular formula is C14H6FNO4. The molecule has 2 aromatic carbocycles. The quantitative estimate of drug-likeness (QED) is 0.503. The van der Waals surface area contributed by atoms with E-state index in [0.29, 0.717) is 0 Å². The summed E-state index contributed by atoms with van der Waals surface area (Å²) in [6.07, 6.45) is 0. The van der Waals surface area contributed by atoms with Crippen LogP contribution in [-0.2, 0) is 0 Å². The molecule has 0 spiro atoms. The summed E-state index contributed by atoms with van der Waals surface area (Å²) >= 11 is 0. The molecule has 0 N–H and O–H groups in total. The molecule has 6 heteroatoms. The normalized spacial score (nSPS) is 12.8. The lowest BCUT2D eigenvalue weighted by Gasteiger charge is -2.16. The first kappa shape index (κ1) is 12.2. The van der Waals surface area contributed by atoms with Crippen molar-refractivity contribution in [2.75, 3.05) is 0 Å². The number of ketones is 2. The lowest BCUT2D eigenvalue weighted by Crippen LogP contribution is -2.22. The molecule has 2 aromatic rings. The van der Waals surface area contributed by atoms with Gasteiger partial charge in [-0.25, -0.2) is 4.39 Å². The number of nitro groups is 1. The maximum atomic E-state index is 13.2. The Morgan fingerprint density at radius 2 is 1.70 bits per heavy atom. The van der Waals surface area contributed by atoms with E-state index in [4.69, 9.17) is 0 Å². The standard InChI is InChI=1S/C14H6FNO4/c15-7-4-5-8-10(6-7)13(17)9-2-1-3-11(16(19)20)12(9)14(8)18/h1-6H. The molecular weight excluding hydrogens is 265 g/mol. The molecule has 0 unspecified atom stereocenters. The van der Waals surface area contributed by atoms with Gasteiger partial charge in [0.2, 0.25) is 5.78 Å². The van der Waals surface area contributed by atoms with Crippen molar-refractivity contribution in [2.45, 2.75) is 0 Å². The summed E-state index contributed by atoms with van der Waals surface area (Å²) < 4.78 is 13.2. The van der Waals surface area contributed by atoms with E-state index in [-0.39, 0.29) is 22.3 Å². The number of nitro benzene ring substituents is 1. The number of hydrogen-bond donors (Lipinski definition) is 0. The van der Waals surface area contributed by atoms with E-state index in [1.807, 2.05) is 0 Å². The van der Waals surface area contributed by atoms with Crippen molar-refractivity contribution in [3.05, 3.63) is 74.6 Å². The minimum atomic E-state index is -0.710. The Kier molecular flexibility index (Phi) is 2.47. The molecule has 0 heterocycles. The Balaban J connectivity index is 2.35. The fourth-order valence-electron chi connectivity index (χ4n) is 2.30. The molecule has 3 rings (SSSR count). The second kappa shape index (κ2) is 4.06. The third kappa shape index (κ3) is 1.55. The van der Waals surface area contributed by atoms with Crippen molar-refractivity contribution in [3.8, 4) is 0 Å². The minimum absolute atomic E-state index is 0.0156. The summed E-state index contributed by atoms with van der Waals surface area (Å²) in [5, 5.41) is 11.0. The molecule has 0 saturated carbocycles. The number of fused-ring (bicyclic) bond motifs is 2. The summed E-state index contributed by atoms with van der Waals surface area (Å²) in [4.78, 5) is 34.8. The van der Waals surface area contributed by atoms with Crippen LogP contribution in [0.25, 0.3) is 0 Å². The van der Waals surface area contributed by atoms with Gasteiger partial charge in [0.15, 0.2) is 5.78 Å². The smallest absolute Gasteiger partial charge is 0.281 e. The summed E-state index contributed by atoms with van der Waals surface area (Å²) in [5.41, 5.74) is -0.805. The Bertz CT molecular complexity index is 798. The number of nitrogens with zero attached hydrogens (tertiary/aromatic N) is 1. The maximum absolute atomic E-state index is 13.2. The second-order valence-electron chi connectivity index (χ2n) is 4.30. The molecule has 0 amide bonds. The van der Waals surface area contributed by atoms with Crippen LogP contribution in [0.4, 0.5) is 10.1 Å². The molecule has 0 aromatic heterocycles. The van der Waals surface area contributed by atoms with E-state index in [2.05, 4.69) is 0 Å². The predicted octanol–water partition coefficient (Wildman–Crippen LogP) is 2.51. The average Bonchev–Trinajstić information content (AvgIpc) is 2.43. The van der Waals surface area contributed by atoms with Gasteiger partial charge in [-0.15, -0.1) is 0 Å². The molecule has 0 fully saturated rings. The minimum Gasteiger partial charge on any atom is -0.289 e. The van der Waals surface area contributed by atoms with E-state index in [0.717, 1.165) is 12.1 Å². The third-order valence-corrected chi connectivity index (χ3v) is 3.18. The highest BCUT2D eigenvalue weighted by Crippen LogP contribution is 2.33. The predicted molar refractivity (Wildman–Crippen MR) is 66.4 cm³/mol. The zero-order valence-corrected chi connectivity index (χ0v) is 9.92. The third-order valence-electron chi connectivity index (χ3n) is 3.18. The number of carbonyl (C=O) groups is 2. The largest absolute Gasteiger partial charge is 0.289 e. The molecule has 0 atom stereocenters. The van der Waals surface area contributed by atoms with Crippen LogP contribution in [0.15, 0.2) is 36.4 Å². The van der Waals surface area contributed by atoms with Gasteiger partial charge in [-0.05, 0) is 24.3 Å². The van der Waals surface area contributed by atoms with Crippen molar-refractivity contribution in [3.63, 3.8) is 0 Å². The van der Waals surface area contributed by atoms with Gasteiger partial charge in [-0.3, -0.25) is 19.7 Å². The fraction of sp³-hybridized carbons (Fsp3) is 0. The van der Waals surface area contributed by atoms with Crippen molar-refractivity contribution >= 4 is 17.3 Å². The first-order valence-electron chi connectivity index (χ1n) is 5.67. The van der Waals surface area contributed by atoms with Gasteiger partial charge in [0.25, 0.3) is 5.69 Å². The van der Waals surface area contributed by atoms with Crippen molar-refractivity contribution in [2.24, 2.45) is 0 Å². The number of halogens is 1. The van der Waals surface area contributed by atoms with Crippen LogP contribution >= 0.6 is 0 Å². The first-order chi connectivity index (χ1) is 9.50. The summed E-state index contributed by atoms with van der Waals surface area (Å²) in [5.74, 6) is -1.86. The topological polar surface area (TPSA) is 77.3 Å². The molecule has 0 saturated heterocycles. The van der Waals surface area contributed by atoms with Gasteiger partial charge in [-0.2, -0.15) is 0 Å². The Labute approximate surface area is 111 Å². The van der Waals surface area contributed by atoms with Crippen LogP contribution in [0.5, 0.6) is 0 Å². The Hall–Kier alpha value is -2.89. The van der Waals surface area contributed by atoms with Crippen LogP contribution in [0.3, 0.4) is 0 Å². The zero-order valence-electron chi connectivity index (χ0n) is 9.92. The number of rotatable bonds is 1. The SMILES string of the molecule is O=C1c2cc(F)ccc2C(=O)c2c1cccc2[N+](=O)[O-]. The van der Waals surface area contributed by atoms with Crippen LogP contribution in [0, 0.1) is 15.9 Å². The highest BCUT2D eigenvalue weighted by Gasteiger charge is 2.35. The monoisotopic (exact) mass is 271 g/mol. The Morgan fingerprint density at radius 1 is 0.950 bits per heavy atom.